The van der Waals surface area contributed by atoms with Gasteiger partial charge in [0, 0.05) is 16.1 Å². The SMILES string of the molecule is CCc1ccc(N=C2NC(=O)/C(=C\c3ccc(-c4ccc(C)cc4Br)o3)S2)cc1. The summed E-state index contributed by atoms with van der Waals surface area (Å²) in [5, 5.41) is 3.38. The lowest BCUT2D eigenvalue weighted by atomic mass is 10.1. The van der Waals surface area contributed by atoms with Crippen LogP contribution in [-0.2, 0) is 11.2 Å². The van der Waals surface area contributed by atoms with Gasteiger partial charge in [0.2, 0.25) is 0 Å². The lowest BCUT2D eigenvalue weighted by Crippen LogP contribution is -2.19. The summed E-state index contributed by atoms with van der Waals surface area (Å²) in [6, 6.07) is 17.9. The first kappa shape index (κ1) is 19.7. The first-order chi connectivity index (χ1) is 14.0. The number of rotatable bonds is 4. The minimum Gasteiger partial charge on any atom is -0.457 e. The van der Waals surface area contributed by atoms with Crippen LogP contribution in [0.2, 0.25) is 0 Å². The van der Waals surface area contributed by atoms with E-state index in [2.05, 4.69) is 33.2 Å². The highest BCUT2D eigenvalue weighted by atomic mass is 79.9. The summed E-state index contributed by atoms with van der Waals surface area (Å²) >= 11 is 4.89. The average Bonchev–Trinajstić information content (AvgIpc) is 3.29. The molecule has 0 bridgehead atoms. The zero-order chi connectivity index (χ0) is 20.4. The molecule has 4 rings (SSSR count). The van der Waals surface area contributed by atoms with Gasteiger partial charge < -0.3 is 9.73 Å². The van der Waals surface area contributed by atoms with Crippen molar-refractivity contribution in [2.45, 2.75) is 20.3 Å². The fraction of sp³-hybridized carbons (Fsp3) is 0.130. The van der Waals surface area contributed by atoms with E-state index in [-0.39, 0.29) is 5.91 Å². The van der Waals surface area contributed by atoms with Gasteiger partial charge in [-0.2, -0.15) is 0 Å². The van der Waals surface area contributed by atoms with Crippen LogP contribution in [0.4, 0.5) is 5.69 Å². The summed E-state index contributed by atoms with van der Waals surface area (Å²) in [5.74, 6) is 1.20. The number of hydrogen-bond acceptors (Lipinski definition) is 4. The molecule has 1 saturated heterocycles. The number of furan rings is 1. The Balaban J connectivity index is 1.53. The molecule has 29 heavy (non-hydrogen) atoms. The number of halogens is 1. The van der Waals surface area contributed by atoms with E-state index in [9.17, 15) is 4.79 Å². The van der Waals surface area contributed by atoms with E-state index in [0.717, 1.165) is 27.9 Å². The summed E-state index contributed by atoms with van der Waals surface area (Å²) in [6.45, 7) is 4.16. The minimum atomic E-state index is -0.173. The molecule has 1 aliphatic heterocycles. The Kier molecular flexibility index (Phi) is 5.74. The zero-order valence-corrected chi connectivity index (χ0v) is 18.4. The quantitative estimate of drug-likeness (QED) is 0.448. The van der Waals surface area contributed by atoms with Crippen LogP contribution in [0.5, 0.6) is 0 Å². The molecule has 2 heterocycles. The van der Waals surface area contributed by atoms with Crippen LogP contribution >= 0.6 is 27.7 Å². The monoisotopic (exact) mass is 466 g/mol. The number of carbonyl (C=O) groups is 1. The maximum atomic E-state index is 12.3. The number of nitrogens with one attached hydrogen (secondary N) is 1. The molecule has 0 saturated carbocycles. The summed E-state index contributed by atoms with van der Waals surface area (Å²) in [5.41, 5.74) is 4.22. The van der Waals surface area contributed by atoms with Gasteiger partial charge in [-0.05, 0) is 72.6 Å². The van der Waals surface area contributed by atoms with Gasteiger partial charge in [-0.1, -0.05) is 41.1 Å². The molecule has 146 valence electrons. The highest BCUT2D eigenvalue weighted by Crippen LogP contribution is 2.33. The van der Waals surface area contributed by atoms with Crippen molar-refractivity contribution in [1.82, 2.24) is 5.32 Å². The lowest BCUT2D eigenvalue weighted by Gasteiger charge is -2.02. The molecule has 0 radical (unpaired) electrons. The molecular formula is C23H19BrN2O2S. The first-order valence-corrected chi connectivity index (χ1v) is 10.9. The van der Waals surface area contributed by atoms with Crippen LogP contribution in [0.15, 0.2) is 73.4 Å². The van der Waals surface area contributed by atoms with Crippen molar-refractivity contribution in [3.63, 3.8) is 0 Å². The van der Waals surface area contributed by atoms with Gasteiger partial charge in [0.1, 0.15) is 11.5 Å². The van der Waals surface area contributed by atoms with E-state index < -0.39 is 0 Å². The smallest absolute Gasteiger partial charge is 0.264 e. The standard InChI is InChI=1S/C23H19BrN2O2S/c1-3-15-5-7-16(8-6-15)25-23-26-22(27)21(29-23)13-17-9-11-20(28-17)18-10-4-14(2)12-19(18)24/h4-13H,3H2,1-2H3,(H,25,26,27)/b21-13+. The zero-order valence-electron chi connectivity index (χ0n) is 16.0. The second kappa shape index (κ2) is 8.43. The predicted molar refractivity (Wildman–Crippen MR) is 123 cm³/mol. The molecule has 6 heteroatoms. The number of carbonyl (C=O) groups excluding carboxylic acids is 1. The Labute approximate surface area is 182 Å². The molecule has 0 aliphatic carbocycles. The van der Waals surface area contributed by atoms with Crippen LogP contribution in [0.1, 0.15) is 23.8 Å². The highest BCUT2D eigenvalue weighted by Gasteiger charge is 2.24. The maximum Gasteiger partial charge on any atom is 0.264 e. The molecule has 0 spiro atoms. The minimum absolute atomic E-state index is 0.173. The topological polar surface area (TPSA) is 54.6 Å². The Bertz CT molecular complexity index is 1130. The molecule has 4 nitrogen and oxygen atoms in total. The summed E-state index contributed by atoms with van der Waals surface area (Å²) in [6.07, 6.45) is 2.73. The second-order valence-corrected chi connectivity index (χ2v) is 8.57. The largest absolute Gasteiger partial charge is 0.457 e. The Hall–Kier alpha value is -2.57. The van der Waals surface area contributed by atoms with Gasteiger partial charge in [0.25, 0.3) is 5.91 Å². The predicted octanol–water partition coefficient (Wildman–Crippen LogP) is 6.47. The van der Waals surface area contributed by atoms with Crippen molar-refractivity contribution >= 4 is 50.5 Å². The van der Waals surface area contributed by atoms with Crippen molar-refractivity contribution in [2.24, 2.45) is 4.99 Å². The third-order valence-corrected chi connectivity index (χ3v) is 6.08. The van der Waals surface area contributed by atoms with E-state index in [1.165, 1.54) is 22.9 Å². The normalized spacial score (nSPS) is 16.6. The van der Waals surface area contributed by atoms with Crippen LogP contribution in [-0.4, -0.2) is 11.1 Å². The third-order valence-electron chi connectivity index (χ3n) is 4.52. The van der Waals surface area contributed by atoms with E-state index in [1.807, 2.05) is 61.5 Å². The molecule has 1 amide bonds. The van der Waals surface area contributed by atoms with E-state index in [1.54, 1.807) is 6.08 Å². The number of nitrogens with zero attached hydrogens (tertiary/aromatic N) is 1. The number of hydrogen-bond donors (Lipinski definition) is 1. The molecule has 2 aromatic carbocycles. The molecular weight excluding hydrogens is 448 g/mol. The van der Waals surface area contributed by atoms with Gasteiger partial charge in [0.15, 0.2) is 5.17 Å². The number of thioether (sulfide) groups is 1. The maximum absolute atomic E-state index is 12.3. The first-order valence-electron chi connectivity index (χ1n) is 9.26. The van der Waals surface area contributed by atoms with Crippen LogP contribution in [0, 0.1) is 6.92 Å². The molecule has 1 aromatic heterocycles. The van der Waals surface area contributed by atoms with Crippen molar-refractivity contribution in [2.75, 3.05) is 0 Å². The number of amides is 1. The van der Waals surface area contributed by atoms with Gasteiger partial charge in [-0.3, -0.25) is 4.79 Å². The van der Waals surface area contributed by atoms with Gasteiger partial charge in [0.05, 0.1) is 10.6 Å². The Morgan fingerprint density at radius 1 is 1.14 bits per heavy atom. The van der Waals surface area contributed by atoms with E-state index >= 15 is 0 Å². The van der Waals surface area contributed by atoms with Crippen LogP contribution < -0.4 is 5.32 Å². The molecule has 1 N–H and O–H groups in total. The molecule has 3 aromatic rings. The Morgan fingerprint density at radius 2 is 1.93 bits per heavy atom. The van der Waals surface area contributed by atoms with Crippen molar-refractivity contribution in [3.05, 3.63) is 80.9 Å². The van der Waals surface area contributed by atoms with Gasteiger partial charge in [-0.15, -0.1) is 0 Å². The van der Waals surface area contributed by atoms with Crippen LogP contribution in [0.25, 0.3) is 17.4 Å². The number of aliphatic imine (C=N–C) groups is 1. The molecule has 1 fully saturated rings. The fourth-order valence-corrected chi connectivity index (χ4v) is 4.44. The third kappa shape index (κ3) is 4.54. The molecule has 0 unspecified atom stereocenters. The second-order valence-electron chi connectivity index (χ2n) is 6.69. The summed E-state index contributed by atoms with van der Waals surface area (Å²) < 4.78 is 6.91. The lowest BCUT2D eigenvalue weighted by molar-refractivity contribution is -0.115. The van der Waals surface area contributed by atoms with Crippen LogP contribution in [0.3, 0.4) is 0 Å². The number of benzene rings is 2. The van der Waals surface area contributed by atoms with E-state index in [0.29, 0.717) is 15.8 Å². The Morgan fingerprint density at radius 3 is 2.66 bits per heavy atom. The van der Waals surface area contributed by atoms with Crippen molar-refractivity contribution < 1.29 is 9.21 Å². The fourth-order valence-electron chi connectivity index (χ4n) is 2.93. The van der Waals surface area contributed by atoms with Gasteiger partial charge >= 0.3 is 0 Å². The van der Waals surface area contributed by atoms with Gasteiger partial charge in [-0.25, -0.2) is 4.99 Å². The highest BCUT2D eigenvalue weighted by molar-refractivity contribution is 9.10. The van der Waals surface area contributed by atoms with Crippen molar-refractivity contribution in [1.29, 1.82) is 0 Å². The van der Waals surface area contributed by atoms with Crippen molar-refractivity contribution in [3.8, 4) is 11.3 Å². The summed E-state index contributed by atoms with van der Waals surface area (Å²) in [7, 11) is 0. The van der Waals surface area contributed by atoms with E-state index in [4.69, 9.17) is 4.42 Å². The molecule has 1 aliphatic rings. The number of aryl methyl sites for hydroxylation is 2. The molecule has 0 atom stereocenters. The number of amidine groups is 1. The average molecular weight is 467 g/mol. The summed E-state index contributed by atoms with van der Waals surface area (Å²) in [4.78, 5) is 17.4.